The fraction of sp³-hybridized carbons (Fsp3) is 1.00. The van der Waals surface area contributed by atoms with Gasteiger partial charge in [0.25, 0.3) is 0 Å². The number of unbranched alkanes of at least 4 members (excludes halogenated alkanes) is 6. The van der Waals surface area contributed by atoms with Crippen LogP contribution >= 0.6 is 0 Å². The molecule has 0 aliphatic heterocycles. The fourth-order valence-electron chi connectivity index (χ4n) is 3.98. The molecule has 0 aromatic rings. The molecule has 0 spiro atoms. The van der Waals surface area contributed by atoms with Gasteiger partial charge in [0.15, 0.2) is 0 Å². The summed E-state index contributed by atoms with van der Waals surface area (Å²) in [5.74, 6) is 0.872. The Bertz CT molecular complexity index is 266. The van der Waals surface area contributed by atoms with Crippen LogP contribution in [0.25, 0.3) is 0 Å². The average Bonchev–Trinajstić information content (AvgIpc) is 2.60. The third-order valence-electron chi connectivity index (χ3n) is 5.72. The van der Waals surface area contributed by atoms with E-state index in [1.54, 1.807) is 0 Å². The van der Waals surface area contributed by atoms with Crippen LogP contribution in [-0.2, 0) is 0 Å². The van der Waals surface area contributed by atoms with Gasteiger partial charge >= 0.3 is 0 Å². The second-order valence-corrected chi connectivity index (χ2v) is 8.73. The maximum Gasteiger partial charge on any atom is 0.0154 e. The summed E-state index contributed by atoms with van der Waals surface area (Å²) in [5, 5.41) is 0. The van der Waals surface area contributed by atoms with Gasteiger partial charge in [-0.1, -0.05) is 79.1 Å². The molecule has 1 rings (SSSR count). The van der Waals surface area contributed by atoms with E-state index in [0.717, 1.165) is 5.92 Å². The molecule has 2 atom stereocenters. The molecule has 0 amide bonds. The second-order valence-electron chi connectivity index (χ2n) is 8.73. The second kappa shape index (κ2) is 9.18. The van der Waals surface area contributed by atoms with Crippen LogP contribution in [0.4, 0.5) is 0 Å². The van der Waals surface area contributed by atoms with Crippen molar-refractivity contribution >= 4 is 0 Å². The fourth-order valence-corrected chi connectivity index (χ4v) is 3.98. The highest BCUT2D eigenvalue weighted by atomic mass is 14.7. The van der Waals surface area contributed by atoms with Crippen molar-refractivity contribution in [3.8, 4) is 0 Å². The minimum atomic E-state index is 0.156. The van der Waals surface area contributed by atoms with Crippen LogP contribution < -0.4 is 5.73 Å². The third kappa shape index (κ3) is 7.68. The summed E-state index contributed by atoms with van der Waals surface area (Å²) in [6.07, 6.45) is 17.6. The monoisotopic (exact) mass is 295 g/mol. The molecule has 126 valence electrons. The number of rotatable bonds is 8. The van der Waals surface area contributed by atoms with Crippen molar-refractivity contribution in [1.82, 2.24) is 0 Å². The Balaban J connectivity index is 2.21. The van der Waals surface area contributed by atoms with E-state index in [2.05, 4.69) is 27.7 Å². The van der Waals surface area contributed by atoms with Crippen molar-refractivity contribution in [3.05, 3.63) is 0 Å². The van der Waals surface area contributed by atoms with Gasteiger partial charge in [0, 0.05) is 5.54 Å². The normalized spacial score (nSPS) is 27.6. The number of hydrogen-bond acceptors (Lipinski definition) is 1. The summed E-state index contributed by atoms with van der Waals surface area (Å²) < 4.78 is 0. The van der Waals surface area contributed by atoms with E-state index in [1.807, 2.05) is 0 Å². The molecule has 0 aromatic heterocycles. The van der Waals surface area contributed by atoms with Crippen molar-refractivity contribution in [2.24, 2.45) is 17.1 Å². The zero-order valence-corrected chi connectivity index (χ0v) is 15.3. The molecule has 0 heterocycles. The predicted octanol–water partition coefficient (Wildman–Crippen LogP) is 6.45. The summed E-state index contributed by atoms with van der Waals surface area (Å²) in [6.45, 7) is 9.49. The summed E-state index contributed by atoms with van der Waals surface area (Å²) in [5.41, 5.74) is 7.35. The molecule has 1 heteroatoms. The largest absolute Gasteiger partial charge is 0.325 e. The maximum atomic E-state index is 6.73. The molecule has 2 N–H and O–H groups in total. The average molecular weight is 296 g/mol. The summed E-state index contributed by atoms with van der Waals surface area (Å²) in [4.78, 5) is 0. The summed E-state index contributed by atoms with van der Waals surface area (Å²) >= 11 is 0. The topological polar surface area (TPSA) is 26.0 Å². The van der Waals surface area contributed by atoms with Crippen LogP contribution in [0.1, 0.15) is 111 Å². The lowest BCUT2D eigenvalue weighted by Crippen LogP contribution is -2.39. The minimum absolute atomic E-state index is 0.156. The summed E-state index contributed by atoms with van der Waals surface area (Å²) in [6, 6.07) is 0. The summed E-state index contributed by atoms with van der Waals surface area (Å²) in [7, 11) is 0. The molecule has 1 aliphatic rings. The van der Waals surface area contributed by atoms with Crippen molar-refractivity contribution in [2.45, 2.75) is 117 Å². The standard InChI is InChI=1S/C20H41N/c1-5-6-7-8-9-10-11-15-20(21)16-12-13-18(14-17-20)19(2,3)4/h18H,5-17,21H2,1-4H3. The highest BCUT2D eigenvalue weighted by Gasteiger charge is 2.33. The molecule has 1 fully saturated rings. The lowest BCUT2D eigenvalue weighted by atomic mass is 9.76. The lowest BCUT2D eigenvalue weighted by molar-refractivity contribution is 0.209. The van der Waals surface area contributed by atoms with E-state index in [1.165, 1.54) is 83.5 Å². The lowest BCUT2D eigenvalue weighted by Gasteiger charge is -2.31. The molecule has 1 nitrogen and oxygen atoms in total. The molecule has 0 aromatic carbocycles. The number of hydrogen-bond donors (Lipinski definition) is 1. The van der Waals surface area contributed by atoms with Crippen molar-refractivity contribution in [3.63, 3.8) is 0 Å². The first-order chi connectivity index (χ1) is 9.87. The SMILES string of the molecule is CCCCCCCCCC1(N)CCCC(C(C)(C)C)CC1. The van der Waals surface area contributed by atoms with Gasteiger partial charge in [-0.3, -0.25) is 0 Å². The Morgan fingerprint density at radius 1 is 0.905 bits per heavy atom. The first-order valence-corrected chi connectivity index (χ1v) is 9.66. The van der Waals surface area contributed by atoms with Gasteiger partial charge < -0.3 is 5.73 Å². The Morgan fingerprint density at radius 3 is 2.14 bits per heavy atom. The van der Waals surface area contributed by atoms with Gasteiger partial charge in [0.05, 0.1) is 0 Å². The van der Waals surface area contributed by atoms with Crippen molar-refractivity contribution in [1.29, 1.82) is 0 Å². The molecular formula is C20H41N. The molecule has 21 heavy (non-hydrogen) atoms. The third-order valence-corrected chi connectivity index (χ3v) is 5.72. The first kappa shape index (κ1) is 19.0. The molecule has 1 saturated carbocycles. The van der Waals surface area contributed by atoms with Crippen LogP contribution in [0.5, 0.6) is 0 Å². The molecule has 0 saturated heterocycles. The van der Waals surface area contributed by atoms with E-state index in [-0.39, 0.29) is 5.54 Å². The van der Waals surface area contributed by atoms with Crippen LogP contribution in [0, 0.1) is 11.3 Å². The van der Waals surface area contributed by atoms with E-state index < -0.39 is 0 Å². The molecule has 1 aliphatic carbocycles. The van der Waals surface area contributed by atoms with E-state index in [0.29, 0.717) is 5.41 Å². The highest BCUT2D eigenvalue weighted by molar-refractivity contribution is 4.90. The molecule has 2 unspecified atom stereocenters. The Labute approximate surface area is 134 Å². The van der Waals surface area contributed by atoms with Crippen molar-refractivity contribution in [2.75, 3.05) is 0 Å². The van der Waals surface area contributed by atoms with Gasteiger partial charge in [0.1, 0.15) is 0 Å². The zero-order chi connectivity index (χ0) is 15.8. The van der Waals surface area contributed by atoms with Crippen LogP contribution in [-0.4, -0.2) is 5.54 Å². The van der Waals surface area contributed by atoms with Crippen LogP contribution in [0.3, 0.4) is 0 Å². The quantitative estimate of drug-likeness (QED) is 0.404. The Kier molecular flexibility index (Phi) is 8.31. The smallest absolute Gasteiger partial charge is 0.0154 e. The van der Waals surface area contributed by atoms with Crippen LogP contribution in [0.2, 0.25) is 0 Å². The maximum absolute atomic E-state index is 6.73. The van der Waals surface area contributed by atoms with E-state index >= 15 is 0 Å². The highest BCUT2D eigenvalue weighted by Crippen LogP contribution is 2.40. The predicted molar refractivity (Wildman–Crippen MR) is 95.6 cm³/mol. The van der Waals surface area contributed by atoms with Gasteiger partial charge in [-0.15, -0.1) is 0 Å². The van der Waals surface area contributed by atoms with Gasteiger partial charge in [0.2, 0.25) is 0 Å². The zero-order valence-electron chi connectivity index (χ0n) is 15.3. The number of nitrogens with two attached hydrogens (primary N) is 1. The van der Waals surface area contributed by atoms with Gasteiger partial charge in [-0.25, -0.2) is 0 Å². The van der Waals surface area contributed by atoms with Crippen LogP contribution in [0.15, 0.2) is 0 Å². The molecule has 0 radical (unpaired) electrons. The first-order valence-electron chi connectivity index (χ1n) is 9.66. The minimum Gasteiger partial charge on any atom is -0.325 e. The van der Waals surface area contributed by atoms with Crippen molar-refractivity contribution < 1.29 is 0 Å². The molecule has 0 bridgehead atoms. The van der Waals surface area contributed by atoms with E-state index in [4.69, 9.17) is 5.73 Å². The van der Waals surface area contributed by atoms with E-state index in [9.17, 15) is 0 Å². The van der Waals surface area contributed by atoms with Gasteiger partial charge in [-0.2, -0.15) is 0 Å². The Hall–Kier alpha value is -0.0400. The molecular weight excluding hydrogens is 254 g/mol. The van der Waals surface area contributed by atoms with Gasteiger partial charge in [-0.05, 0) is 43.4 Å². The Morgan fingerprint density at radius 2 is 1.52 bits per heavy atom.